The summed E-state index contributed by atoms with van der Waals surface area (Å²) in [6.45, 7) is 0.00400. The number of carboxylic acids is 1. The standard InChI is InChI=1S/C13H13N3O4S/c14-10-3-4-11(13(17)18)12(6-10)21(19,20)16-8-9-2-1-5-15-7-9/h1-7,16H,8,14H2,(H,17,18). The molecule has 110 valence electrons. The number of anilines is 1. The average Bonchev–Trinajstić information content (AvgIpc) is 2.46. The van der Waals surface area contributed by atoms with Crippen LogP contribution in [0.2, 0.25) is 0 Å². The summed E-state index contributed by atoms with van der Waals surface area (Å²) in [6.07, 6.45) is 3.08. The molecule has 0 saturated heterocycles. The molecule has 0 aliphatic heterocycles. The Morgan fingerprint density at radius 1 is 1.33 bits per heavy atom. The number of benzene rings is 1. The van der Waals surface area contributed by atoms with Gasteiger partial charge in [0.15, 0.2) is 0 Å². The average molecular weight is 307 g/mol. The highest BCUT2D eigenvalue weighted by atomic mass is 32.2. The summed E-state index contributed by atoms with van der Waals surface area (Å²) in [4.78, 5) is 14.6. The van der Waals surface area contributed by atoms with Crippen LogP contribution >= 0.6 is 0 Å². The molecule has 0 fully saturated rings. The van der Waals surface area contributed by atoms with Crippen molar-refractivity contribution in [3.8, 4) is 0 Å². The van der Waals surface area contributed by atoms with Crippen LogP contribution in [0.5, 0.6) is 0 Å². The summed E-state index contributed by atoms with van der Waals surface area (Å²) in [6, 6.07) is 6.99. The number of nitrogens with one attached hydrogen (secondary N) is 1. The van der Waals surface area contributed by atoms with Crippen molar-refractivity contribution < 1.29 is 18.3 Å². The lowest BCUT2D eigenvalue weighted by molar-refractivity contribution is 0.0692. The molecule has 0 aliphatic carbocycles. The summed E-state index contributed by atoms with van der Waals surface area (Å²) < 4.78 is 26.8. The first-order valence-corrected chi connectivity index (χ1v) is 7.40. The van der Waals surface area contributed by atoms with Gasteiger partial charge < -0.3 is 10.8 Å². The van der Waals surface area contributed by atoms with Gasteiger partial charge in [-0.25, -0.2) is 17.9 Å². The van der Waals surface area contributed by atoms with Crippen molar-refractivity contribution in [1.29, 1.82) is 0 Å². The molecule has 0 atom stereocenters. The minimum atomic E-state index is -4.00. The topological polar surface area (TPSA) is 122 Å². The second-order valence-electron chi connectivity index (χ2n) is 4.25. The van der Waals surface area contributed by atoms with E-state index in [1.165, 1.54) is 12.3 Å². The third-order valence-corrected chi connectivity index (χ3v) is 4.16. The van der Waals surface area contributed by atoms with Gasteiger partial charge in [0.05, 0.1) is 10.5 Å². The van der Waals surface area contributed by atoms with Crippen molar-refractivity contribution in [2.24, 2.45) is 0 Å². The number of rotatable bonds is 5. The molecule has 1 heterocycles. The second kappa shape index (κ2) is 5.90. The minimum Gasteiger partial charge on any atom is -0.478 e. The van der Waals surface area contributed by atoms with Gasteiger partial charge in [-0.1, -0.05) is 6.07 Å². The fraction of sp³-hybridized carbons (Fsp3) is 0.0769. The van der Waals surface area contributed by atoms with Crippen LogP contribution in [0.3, 0.4) is 0 Å². The van der Waals surface area contributed by atoms with Gasteiger partial charge >= 0.3 is 5.97 Å². The molecule has 1 aromatic heterocycles. The van der Waals surface area contributed by atoms with Gasteiger partial charge in [-0.15, -0.1) is 0 Å². The monoisotopic (exact) mass is 307 g/mol. The molecular weight excluding hydrogens is 294 g/mol. The van der Waals surface area contributed by atoms with Crippen LogP contribution in [-0.4, -0.2) is 24.5 Å². The Morgan fingerprint density at radius 2 is 2.10 bits per heavy atom. The zero-order chi connectivity index (χ0) is 15.5. The fourth-order valence-electron chi connectivity index (χ4n) is 1.70. The highest BCUT2D eigenvalue weighted by Crippen LogP contribution is 2.19. The number of aromatic nitrogens is 1. The number of carbonyl (C=O) groups is 1. The largest absolute Gasteiger partial charge is 0.478 e. The van der Waals surface area contributed by atoms with E-state index in [-0.39, 0.29) is 22.7 Å². The van der Waals surface area contributed by atoms with Crippen LogP contribution in [0, 0.1) is 0 Å². The molecule has 4 N–H and O–H groups in total. The maximum atomic E-state index is 12.2. The maximum Gasteiger partial charge on any atom is 0.337 e. The van der Waals surface area contributed by atoms with Crippen molar-refractivity contribution >= 4 is 21.7 Å². The smallest absolute Gasteiger partial charge is 0.337 e. The van der Waals surface area contributed by atoms with Gasteiger partial charge in [0.2, 0.25) is 10.0 Å². The third kappa shape index (κ3) is 3.56. The SMILES string of the molecule is Nc1ccc(C(=O)O)c(S(=O)(=O)NCc2cccnc2)c1. The quantitative estimate of drug-likeness (QED) is 0.703. The normalized spacial score (nSPS) is 11.2. The number of nitrogens with two attached hydrogens (primary N) is 1. The molecule has 8 heteroatoms. The van der Waals surface area contributed by atoms with E-state index >= 15 is 0 Å². The molecule has 0 saturated carbocycles. The number of aromatic carboxylic acids is 1. The molecule has 0 aliphatic rings. The van der Waals surface area contributed by atoms with E-state index in [0.717, 1.165) is 12.1 Å². The molecule has 2 rings (SSSR count). The first-order chi connectivity index (χ1) is 9.90. The second-order valence-corrected chi connectivity index (χ2v) is 5.98. The van der Waals surface area contributed by atoms with E-state index in [0.29, 0.717) is 5.56 Å². The number of carboxylic acid groups (broad SMARTS) is 1. The van der Waals surface area contributed by atoms with Crippen LogP contribution in [0.4, 0.5) is 5.69 Å². The van der Waals surface area contributed by atoms with Crippen LogP contribution in [-0.2, 0) is 16.6 Å². The van der Waals surface area contributed by atoms with E-state index in [2.05, 4.69) is 9.71 Å². The van der Waals surface area contributed by atoms with Gasteiger partial charge in [0.1, 0.15) is 0 Å². The van der Waals surface area contributed by atoms with Crippen LogP contribution in [0.25, 0.3) is 0 Å². The summed E-state index contributed by atoms with van der Waals surface area (Å²) in [5, 5.41) is 9.06. The van der Waals surface area contributed by atoms with E-state index in [1.54, 1.807) is 18.3 Å². The van der Waals surface area contributed by atoms with Crippen LogP contribution in [0.1, 0.15) is 15.9 Å². The van der Waals surface area contributed by atoms with Crippen molar-refractivity contribution in [1.82, 2.24) is 9.71 Å². The molecule has 21 heavy (non-hydrogen) atoms. The number of hydrogen-bond donors (Lipinski definition) is 3. The molecule has 0 radical (unpaired) electrons. The predicted molar refractivity (Wildman–Crippen MR) is 76.1 cm³/mol. The minimum absolute atomic E-state index is 0.00400. The highest BCUT2D eigenvalue weighted by Gasteiger charge is 2.22. The Bertz CT molecular complexity index is 760. The van der Waals surface area contributed by atoms with E-state index in [9.17, 15) is 13.2 Å². The molecule has 7 nitrogen and oxygen atoms in total. The molecule has 0 amide bonds. The number of nitrogen functional groups attached to an aromatic ring is 1. The lowest BCUT2D eigenvalue weighted by Crippen LogP contribution is -2.25. The first-order valence-electron chi connectivity index (χ1n) is 5.91. The zero-order valence-electron chi connectivity index (χ0n) is 10.9. The lowest BCUT2D eigenvalue weighted by atomic mass is 10.2. The van der Waals surface area contributed by atoms with Crippen molar-refractivity contribution in [2.45, 2.75) is 11.4 Å². The van der Waals surface area contributed by atoms with Gasteiger partial charge in [-0.2, -0.15) is 0 Å². The number of nitrogens with zero attached hydrogens (tertiary/aromatic N) is 1. The van der Waals surface area contributed by atoms with Crippen molar-refractivity contribution in [3.63, 3.8) is 0 Å². The molecular formula is C13H13N3O4S. The molecule has 2 aromatic rings. The highest BCUT2D eigenvalue weighted by molar-refractivity contribution is 7.89. The molecule has 0 spiro atoms. The summed E-state index contributed by atoms with van der Waals surface area (Å²) >= 11 is 0. The van der Waals surface area contributed by atoms with Crippen molar-refractivity contribution in [2.75, 3.05) is 5.73 Å². The van der Waals surface area contributed by atoms with E-state index in [4.69, 9.17) is 10.8 Å². The maximum absolute atomic E-state index is 12.2. The molecule has 0 bridgehead atoms. The fourth-order valence-corrected chi connectivity index (χ4v) is 2.95. The Kier molecular flexibility index (Phi) is 4.20. The van der Waals surface area contributed by atoms with Crippen LogP contribution < -0.4 is 10.5 Å². The van der Waals surface area contributed by atoms with Crippen molar-refractivity contribution in [3.05, 3.63) is 53.9 Å². The Balaban J connectivity index is 2.31. The Hall–Kier alpha value is -2.45. The van der Waals surface area contributed by atoms with E-state index in [1.807, 2.05) is 0 Å². The summed E-state index contributed by atoms with van der Waals surface area (Å²) in [5.41, 5.74) is 6.03. The third-order valence-electron chi connectivity index (χ3n) is 2.71. The predicted octanol–water partition coefficient (Wildman–Crippen LogP) is 0.840. The zero-order valence-corrected chi connectivity index (χ0v) is 11.7. The van der Waals surface area contributed by atoms with Crippen LogP contribution in [0.15, 0.2) is 47.6 Å². The number of sulfonamides is 1. The van der Waals surface area contributed by atoms with Gasteiger partial charge in [-0.3, -0.25) is 4.98 Å². The van der Waals surface area contributed by atoms with Gasteiger partial charge in [0.25, 0.3) is 0 Å². The number of pyridine rings is 1. The molecule has 1 aromatic carbocycles. The Labute approximate surface area is 121 Å². The summed E-state index contributed by atoms with van der Waals surface area (Å²) in [7, 11) is -4.00. The Morgan fingerprint density at radius 3 is 2.71 bits per heavy atom. The number of hydrogen-bond acceptors (Lipinski definition) is 5. The van der Waals surface area contributed by atoms with Gasteiger partial charge in [-0.05, 0) is 29.8 Å². The lowest BCUT2D eigenvalue weighted by Gasteiger charge is -2.10. The van der Waals surface area contributed by atoms with E-state index < -0.39 is 16.0 Å². The molecule has 0 unspecified atom stereocenters. The van der Waals surface area contributed by atoms with Gasteiger partial charge in [0, 0.05) is 24.6 Å². The summed E-state index contributed by atoms with van der Waals surface area (Å²) in [5.74, 6) is -1.34. The first kappa shape index (κ1) is 14.9.